The van der Waals surface area contributed by atoms with Gasteiger partial charge in [0.25, 0.3) is 0 Å². The lowest BCUT2D eigenvalue weighted by atomic mass is 10.3. The molecule has 0 aromatic carbocycles. The van der Waals surface area contributed by atoms with Crippen LogP contribution in [-0.4, -0.2) is 41.6 Å². The Bertz CT molecular complexity index is 148. The van der Waals surface area contributed by atoms with E-state index in [0.717, 1.165) is 5.25 Å². The zero-order valence-corrected chi connectivity index (χ0v) is 10.4. The highest BCUT2D eigenvalue weighted by atomic mass is 32.2. The molecule has 2 atom stereocenters. The summed E-state index contributed by atoms with van der Waals surface area (Å²) in [7, 11) is 0. The van der Waals surface area contributed by atoms with Crippen molar-refractivity contribution in [3.05, 3.63) is 0 Å². The molecule has 0 spiro atoms. The van der Waals surface area contributed by atoms with E-state index >= 15 is 0 Å². The van der Waals surface area contributed by atoms with Crippen molar-refractivity contribution in [3.63, 3.8) is 0 Å². The smallest absolute Gasteiger partial charge is 0.00722 e. The van der Waals surface area contributed by atoms with Gasteiger partial charge in [-0.05, 0) is 32.4 Å². The summed E-state index contributed by atoms with van der Waals surface area (Å²) in [5.41, 5.74) is 5.89. The SMILES string of the molecule is CCN(CC)CCSC1CCC(N)C1. The number of nitrogens with two attached hydrogens (primary N) is 1. The molecule has 14 heavy (non-hydrogen) atoms. The van der Waals surface area contributed by atoms with Crippen LogP contribution in [0.3, 0.4) is 0 Å². The summed E-state index contributed by atoms with van der Waals surface area (Å²) in [5.74, 6) is 1.28. The second-order valence-corrected chi connectivity index (χ2v) is 5.50. The molecule has 0 amide bonds. The first-order valence-corrected chi connectivity index (χ1v) is 6.90. The van der Waals surface area contributed by atoms with E-state index in [9.17, 15) is 0 Å². The Morgan fingerprint density at radius 1 is 1.29 bits per heavy atom. The van der Waals surface area contributed by atoms with E-state index < -0.39 is 0 Å². The molecule has 1 aliphatic rings. The first kappa shape index (κ1) is 12.3. The number of nitrogens with zero attached hydrogens (tertiary/aromatic N) is 1. The first-order chi connectivity index (χ1) is 6.76. The molecule has 0 heterocycles. The minimum atomic E-state index is 0.487. The van der Waals surface area contributed by atoms with Gasteiger partial charge < -0.3 is 10.6 Å². The van der Waals surface area contributed by atoms with Crippen molar-refractivity contribution in [2.45, 2.75) is 44.4 Å². The van der Waals surface area contributed by atoms with E-state index in [1.165, 1.54) is 44.6 Å². The van der Waals surface area contributed by atoms with Gasteiger partial charge in [0.15, 0.2) is 0 Å². The van der Waals surface area contributed by atoms with E-state index in [1.54, 1.807) is 0 Å². The largest absolute Gasteiger partial charge is 0.328 e. The second-order valence-electron chi connectivity index (χ2n) is 4.09. The molecule has 0 aromatic rings. The van der Waals surface area contributed by atoms with Crippen molar-refractivity contribution < 1.29 is 0 Å². The minimum Gasteiger partial charge on any atom is -0.328 e. The van der Waals surface area contributed by atoms with Gasteiger partial charge in [-0.15, -0.1) is 0 Å². The highest BCUT2D eigenvalue weighted by Crippen LogP contribution is 2.28. The van der Waals surface area contributed by atoms with Gasteiger partial charge in [0.2, 0.25) is 0 Å². The third-order valence-corrected chi connectivity index (χ3v) is 4.40. The van der Waals surface area contributed by atoms with Gasteiger partial charge in [0, 0.05) is 23.6 Å². The van der Waals surface area contributed by atoms with Crippen LogP contribution in [0.25, 0.3) is 0 Å². The van der Waals surface area contributed by atoms with Gasteiger partial charge in [0.05, 0.1) is 0 Å². The molecular weight excluding hydrogens is 192 g/mol. The Hall–Kier alpha value is 0.270. The Kier molecular flexibility index (Phi) is 5.90. The fourth-order valence-electron chi connectivity index (χ4n) is 2.01. The van der Waals surface area contributed by atoms with E-state index in [0.29, 0.717) is 6.04 Å². The molecule has 0 saturated heterocycles. The maximum Gasteiger partial charge on any atom is 0.00722 e. The first-order valence-electron chi connectivity index (χ1n) is 5.85. The third-order valence-electron chi connectivity index (χ3n) is 3.08. The summed E-state index contributed by atoms with van der Waals surface area (Å²) in [4.78, 5) is 2.49. The maximum atomic E-state index is 5.89. The lowest BCUT2D eigenvalue weighted by molar-refractivity contribution is 0.323. The molecular formula is C11H24N2S. The molecule has 2 N–H and O–H groups in total. The summed E-state index contributed by atoms with van der Waals surface area (Å²) in [6, 6.07) is 0.487. The lowest BCUT2D eigenvalue weighted by Gasteiger charge is -2.18. The van der Waals surface area contributed by atoms with Gasteiger partial charge in [-0.3, -0.25) is 0 Å². The summed E-state index contributed by atoms with van der Waals surface area (Å²) in [6.07, 6.45) is 3.82. The topological polar surface area (TPSA) is 29.3 Å². The zero-order valence-electron chi connectivity index (χ0n) is 9.54. The van der Waals surface area contributed by atoms with Crippen LogP contribution in [0.1, 0.15) is 33.1 Å². The van der Waals surface area contributed by atoms with Crippen LogP contribution in [0.2, 0.25) is 0 Å². The standard InChI is InChI=1S/C11H24N2S/c1-3-13(4-2)7-8-14-11-6-5-10(12)9-11/h10-11H,3-9,12H2,1-2H3. The van der Waals surface area contributed by atoms with Crippen molar-refractivity contribution in [2.75, 3.05) is 25.4 Å². The summed E-state index contributed by atoms with van der Waals surface area (Å²) >= 11 is 2.13. The Balaban J connectivity index is 2.03. The highest BCUT2D eigenvalue weighted by Gasteiger charge is 2.21. The normalized spacial score (nSPS) is 27.4. The maximum absolute atomic E-state index is 5.89. The number of rotatable bonds is 6. The molecule has 2 nitrogen and oxygen atoms in total. The highest BCUT2D eigenvalue weighted by molar-refractivity contribution is 7.99. The van der Waals surface area contributed by atoms with Gasteiger partial charge in [0.1, 0.15) is 0 Å². The lowest BCUT2D eigenvalue weighted by Crippen LogP contribution is -2.26. The van der Waals surface area contributed by atoms with E-state index in [-0.39, 0.29) is 0 Å². The minimum absolute atomic E-state index is 0.487. The molecule has 1 fully saturated rings. The van der Waals surface area contributed by atoms with Crippen molar-refractivity contribution >= 4 is 11.8 Å². The predicted molar refractivity (Wildman–Crippen MR) is 65.9 cm³/mol. The van der Waals surface area contributed by atoms with E-state index in [1.807, 2.05) is 0 Å². The molecule has 0 aromatic heterocycles. The molecule has 1 rings (SSSR count). The summed E-state index contributed by atoms with van der Waals surface area (Å²) < 4.78 is 0. The molecule has 0 bridgehead atoms. The van der Waals surface area contributed by atoms with Crippen LogP contribution in [0.15, 0.2) is 0 Å². The van der Waals surface area contributed by atoms with Gasteiger partial charge in [-0.1, -0.05) is 13.8 Å². The second kappa shape index (κ2) is 6.70. The van der Waals surface area contributed by atoms with Crippen LogP contribution in [0.4, 0.5) is 0 Å². The fourth-order valence-corrected chi connectivity index (χ4v) is 3.40. The average Bonchev–Trinajstić information content (AvgIpc) is 2.59. The molecule has 84 valence electrons. The van der Waals surface area contributed by atoms with Crippen LogP contribution in [0, 0.1) is 0 Å². The zero-order chi connectivity index (χ0) is 10.4. The monoisotopic (exact) mass is 216 g/mol. The number of hydrogen-bond acceptors (Lipinski definition) is 3. The van der Waals surface area contributed by atoms with Crippen LogP contribution in [-0.2, 0) is 0 Å². The molecule has 1 aliphatic carbocycles. The fraction of sp³-hybridized carbons (Fsp3) is 1.00. The number of thioether (sulfide) groups is 1. The van der Waals surface area contributed by atoms with Gasteiger partial charge >= 0.3 is 0 Å². The van der Waals surface area contributed by atoms with Gasteiger partial charge in [-0.2, -0.15) is 11.8 Å². The Labute approximate surface area is 92.6 Å². The Morgan fingerprint density at radius 2 is 2.00 bits per heavy atom. The van der Waals surface area contributed by atoms with Crippen LogP contribution >= 0.6 is 11.8 Å². The molecule has 1 saturated carbocycles. The van der Waals surface area contributed by atoms with Crippen LogP contribution in [0.5, 0.6) is 0 Å². The van der Waals surface area contributed by atoms with Crippen molar-refractivity contribution in [2.24, 2.45) is 5.73 Å². The molecule has 0 radical (unpaired) electrons. The van der Waals surface area contributed by atoms with Gasteiger partial charge in [-0.25, -0.2) is 0 Å². The summed E-state index contributed by atoms with van der Waals surface area (Å²) in [5, 5.41) is 0.848. The Morgan fingerprint density at radius 3 is 2.50 bits per heavy atom. The molecule has 2 unspecified atom stereocenters. The van der Waals surface area contributed by atoms with Crippen molar-refractivity contribution in [1.82, 2.24) is 4.90 Å². The van der Waals surface area contributed by atoms with E-state index in [4.69, 9.17) is 5.73 Å². The summed E-state index contributed by atoms with van der Waals surface area (Å²) in [6.45, 7) is 8.07. The quantitative estimate of drug-likeness (QED) is 0.736. The number of hydrogen-bond donors (Lipinski definition) is 1. The predicted octanol–water partition coefficient (Wildman–Crippen LogP) is 1.94. The third kappa shape index (κ3) is 4.20. The van der Waals surface area contributed by atoms with Crippen molar-refractivity contribution in [3.8, 4) is 0 Å². The molecule has 0 aliphatic heterocycles. The van der Waals surface area contributed by atoms with Crippen LogP contribution < -0.4 is 5.73 Å². The molecule has 3 heteroatoms. The van der Waals surface area contributed by atoms with E-state index in [2.05, 4.69) is 30.5 Å². The van der Waals surface area contributed by atoms with Crippen molar-refractivity contribution in [1.29, 1.82) is 0 Å². The average molecular weight is 216 g/mol.